The first-order chi connectivity index (χ1) is 8.39. The van der Waals surface area contributed by atoms with Gasteiger partial charge in [-0.05, 0) is 12.3 Å². The monoisotopic (exact) mass is 295 g/mol. The highest BCUT2D eigenvalue weighted by Gasteiger charge is 2.61. The zero-order chi connectivity index (χ0) is 15.4. The lowest BCUT2D eigenvalue weighted by Gasteiger charge is -2.25. The van der Waals surface area contributed by atoms with Crippen molar-refractivity contribution in [1.82, 2.24) is 5.32 Å². The number of alkyl halides is 6. The lowest BCUT2D eigenvalue weighted by molar-refractivity contribution is -0.274. The van der Waals surface area contributed by atoms with Crippen molar-refractivity contribution in [3.05, 3.63) is 0 Å². The van der Waals surface area contributed by atoms with E-state index in [9.17, 15) is 31.1 Å². The van der Waals surface area contributed by atoms with Gasteiger partial charge in [0.05, 0.1) is 12.6 Å². The van der Waals surface area contributed by atoms with E-state index in [-0.39, 0.29) is 12.3 Å². The molecule has 0 heterocycles. The molecule has 0 aromatic carbocycles. The van der Waals surface area contributed by atoms with Crippen molar-refractivity contribution in [2.45, 2.75) is 38.7 Å². The maximum atomic E-state index is 12.2. The van der Waals surface area contributed by atoms with E-state index in [0.717, 1.165) is 0 Å². The van der Waals surface area contributed by atoms with Gasteiger partial charge in [-0.15, -0.1) is 0 Å². The minimum absolute atomic E-state index is 0.0741. The number of aliphatic hydroxyl groups is 1. The van der Waals surface area contributed by atoms with Crippen LogP contribution in [0.15, 0.2) is 0 Å². The SMILES string of the molecule is CC(C)CC(CO)NC(=O)C(C(F)(F)F)C(F)(F)F. The Morgan fingerprint density at radius 2 is 1.53 bits per heavy atom. The fourth-order valence-corrected chi connectivity index (χ4v) is 1.52. The van der Waals surface area contributed by atoms with Crippen molar-refractivity contribution in [3.8, 4) is 0 Å². The fraction of sp³-hybridized carbons (Fsp3) is 0.900. The maximum absolute atomic E-state index is 12.2. The Kier molecular flexibility index (Phi) is 6.11. The first-order valence-corrected chi connectivity index (χ1v) is 5.44. The lowest BCUT2D eigenvalue weighted by atomic mass is 10.0. The standard InChI is InChI=1S/C10H15F6NO2/c1-5(2)3-6(4-18)17-8(19)7(9(11,12)13)10(14,15)16/h5-7,18H,3-4H2,1-2H3,(H,17,19). The van der Waals surface area contributed by atoms with Crippen molar-refractivity contribution in [2.24, 2.45) is 11.8 Å². The van der Waals surface area contributed by atoms with Gasteiger partial charge in [0.1, 0.15) is 0 Å². The molecule has 0 fully saturated rings. The van der Waals surface area contributed by atoms with Gasteiger partial charge in [0, 0.05) is 0 Å². The molecule has 0 radical (unpaired) electrons. The summed E-state index contributed by atoms with van der Waals surface area (Å²) in [5.41, 5.74) is 0. The van der Waals surface area contributed by atoms with E-state index in [2.05, 4.69) is 0 Å². The van der Waals surface area contributed by atoms with E-state index in [4.69, 9.17) is 5.11 Å². The first kappa shape index (κ1) is 18.0. The molecule has 9 heteroatoms. The smallest absolute Gasteiger partial charge is 0.394 e. The Bertz CT molecular complexity index is 285. The van der Waals surface area contributed by atoms with Crippen LogP contribution in [0.2, 0.25) is 0 Å². The highest BCUT2D eigenvalue weighted by molar-refractivity contribution is 5.80. The number of aliphatic hydroxyl groups excluding tert-OH is 1. The molecule has 0 aromatic rings. The highest BCUT2D eigenvalue weighted by atomic mass is 19.4. The van der Waals surface area contributed by atoms with E-state index >= 15 is 0 Å². The second-order valence-electron chi connectivity index (χ2n) is 4.53. The van der Waals surface area contributed by atoms with Gasteiger partial charge in [-0.25, -0.2) is 0 Å². The van der Waals surface area contributed by atoms with Crippen molar-refractivity contribution in [2.75, 3.05) is 6.61 Å². The number of carbonyl (C=O) groups excluding carboxylic acids is 1. The van der Waals surface area contributed by atoms with Crippen LogP contribution in [0.5, 0.6) is 0 Å². The third-order valence-electron chi connectivity index (χ3n) is 2.24. The number of carbonyl (C=O) groups is 1. The van der Waals surface area contributed by atoms with Gasteiger partial charge in [0.25, 0.3) is 0 Å². The summed E-state index contributed by atoms with van der Waals surface area (Å²) >= 11 is 0. The molecule has 2 N–H and O–H groups in total. The Labute approximate surface area is 106 Å². The molecule has 1 unspecified atom stereocenters. The molecule has 114 valence electrons. The summed E-state index contributed by atoms with van der Waals surface area (Å²) < 4.78 is 73.4. The topological polar surface area (TPSA) is 49.3 Å². The summed E-state index contributed by atoms with van der Waals surface area (Å²) in [5, 5.41) is 10.4. The van der Waals surface area contributed by atoms with Crippen LogP contribution in [0.25, 0.3) is 0 Å². The zero-order valence-corrected chi connectivity index (χ0v) is 10.3. The molecule has 0 spiro atoms. The predicted octanol–water partition coefficient (Wildman–Crippen LogP) is 2.25. The van der Waals surface area contributed by atoms with Gasteiger partial charge in [-0.1, -0.05) is 13.8 Å². The van der Waals surface area contributed by atoms with Crippen molar-refractivity contribution in [1.29, 1.82) is 0 Å². The minimum atomic E-state index is -5.72. The normalized spacial score (nSPS) is 14.9. The highest BCUT2D eigenvalue weighted by Crippen LogP contribution is 2.39. The number of halogens is 6. The van der Waals surface area contributed by atoms with Gasteiger partial charge in [0.2, 0.25) is 11.8 Å². The average molecular weight is 295 g/mol. The molecule has 0 aliphatic rings. The molecule has 0 saturated heterocycles. The van der Waals surface area contributed by atoms with Crippen LogP contribution in [0, 0.1) is 11.8 Å². The number of hydrogen-bond acceptors (Lipinski definition) is 2. The van der Waals surface area contributed by atoms with Crippen LogP contribution < -0.4 is 5.32 Å². The van der Waals surface area contributed by atoms with Crippen LogP contribution in [0.3, 0.4) is 0 Å². The zero-order valence-electron chi connectivity index (χ0n) is 10.3. The third-order valence-corrected chi connectivity index (χ3v) is 2.24. The Morgan fingerprint density at radius 1 is 1.11 bits per heavy atom. The molecular formula is C10H15F6NO2. The van der Waals surface area contributed by atoms with Gasteiger partial charge in [-0.3, -0.25) is 4.79 Å². The summed E-state index contributed by atoms with van der Waals surface area (Å²) in [6.45, 7) is 2.58. The summed E-state index contributed by atoms with van der Waals surface area (Å²) in [7, 11) is 0. The second-order valence-corrected chi connectivity index (χ2v) is 4.53. The molecular weight excluding hydrogens is 280 g/mol. The average Bonchev–Trinajstić information content (AvgIpc) is 2.10. The van der Waals surface area contributed by atoms with E-state index in [1.54, 1.807) is 19.2 Å². The van der Waals surface area contributed by atoms with E-state index < -0.39 is 36.8 Å². The van der Waals surface area contributed by atoms with Crippen LogP contribution in [0.4, 0.5) is 26.3 Å². The van der Waals surface area contributed by atoms with Crippen LogP contribution >= 0.6 is 0 Å². The maximum Gasteiger partial charge on any atom is 0.409 e. The Balaban J connectivity index is 4.93. The number of nitrogens with one attached hydrogen (secondary N) is 1. The molecule has 0 bridgehead atoms. The number of amides is 1. The van der Waals surface area contributed by atoms with Gasteiger partial charge >= 0.3 is 12.4 Å². The van der Waals surface area contributed by atoms with Gasteiger partial charge in [0.15, 0.2) is 0 Å². The summed E-state index contributed by atoms with van der Waals surface area (Å²) in [6.07, 6.45) is -11.4. The van der Waals surface area contributed by atoms with Crippen molar-refractivity contribution >= 4 is 5.91 Å². The van der Waals surface area contributed by atoms with Crippen molar-refractivity contribution < 1.29 is 36.2 Å². The second kappa shape index (κ2) is 6.44. The van der Waals surface area contributed by atoms with Crippen LogP contribution in [0.1, 0.15) is 20.3 Å². The molecule has 0 aliphatic heterocycles. The molecule has 0 saturated carbocycles. The van der Waals surface area contributed by atoms with Crippen molar-refractivity contribution in [3.63, 3.8) is 0 Å². The molecule has 0 rings (SSSR count). The lowest BCUT2D eigenvalue weighted by Crippen LogP contribution is -2.51. The van der Waals surface area contributed by atoms with E-state index in [0.29, 0.717) is 0 Å². The van der Waals surface area contributed by atoms with E-state index in [1.807, 2.05) is 0 Å². The summed E-state index contributed by atoms with van der Waals surface area (Å²) in [6, 6.07) is -1.14. The molecule has 1 amide bonds. The third kappa shape index (κ3) is 6.13. The summed E-state index contributed by atoms with van der Waals surface area (Å²) in [5.74, 6) is -6.38. The molecule has 19 heavy (non-hydrogen) atoms. The predicted molar refractivity (Wildman–Crippen MR) is 54.1 cm³/mol. The number of hydrogen-bond donors (Lipinski definition) is 2. The summed E-state index contributed by atoms with van der Waals surface area (Å²) in [4.78, 5) is 11.1. The van der Waals surface area contributed by atoms with Crippen LogP contribution in [-0.4, -0.2) is 36.0 Å². The van der Waals surface area contributed by atoms with Gasteiger partial charge < -0.3 is 10.4 Å². The van der Waals surface area contributed by atoms with Gasteiger partial charge in [-0.2, -0.15) is 26.3 Å². The Hall–Kier alpha value is -0.990. The molecule has 0 aromatic heterocycles. The molecule has 0 aliphatic carbocycles. The minimum Gasteiger partial charge on any atom is -0.394 e. The number of rotatable bonds is 5. The molecule has 3 nitrogen and oxygen atoms in total. The fourth-order valence-electron chi connectivity index (χ4n) is 1.52. The first-order valence-electron chi connectivity index (χ1n) is 5.44. The quantitative estimate of drug-likeness (QED) is 0.764. The van der Waals surface area contributed by atoms with E-state index in [1.165, 1.54) is 0 Å². The Morgan fingerprint density at radius 3 is 1.79 bits per heavy atom. The largest absolute Gasteiger partial charge is 0.409 e. The van der Waals surface area contributed by atoms with Crippen LogP contribution in [-0.2, 0) is 4.79 Å². The molecule has 1 atom stereocenters.